The van der Waals surface area contributed by atoms with Crippen molar-refractivity contribution in [3.63, 3.8) is 0 Å². The molecule has 0 aliphatic heterocycles. The molecule has 0 N–H and O–H groups in total. The first kappa shape index (κ1) is 13.7. The molecule has 4 nitrogen and oxygen atoms in total. The quantitative estimate of drug-likeness (QED) is 0.617. The summed E-state index contributed by atoms with van der Waals surface area (Å²) >= 11 is 3.34. The number of Topliss-reactive ketones (excluding diaryl/α,β-unsaturated/α-hetero) is 1. The minimum Gasteiger partial charge on any atom is -0.493 e. The Morgan fingerprint density at radius 3 is 2.59 bits per heavy atom. The highest BCUT2D eigenvalue weighted by Gasteiger charge is 2.15. The van der Waals surface area contributed by atoms with Gasteiger partial charge in [-0.3, -0.25) is 4.79 Å². The van der Waals surface area contributed by atoms with Gasteiger partial charge in [-0.1, -0.05) is 6.07 Å². The summed E-state index contributed by atoms with van der Waals surface area (Å²) in [5.41, 5.74) is 0.732. The predicted octanol–water partition coefficient (Wildman–Crippen LogP) is 2.13. The van der Waals surface area contributed by atoms with Crippen molar-refractivity contribution in [2.75, 3.05) is 13.7 Å². The molecule has 0 spiro atoms. The van der Waals surface area contributed by atoms with Crippen LogP contribution >= 0.6 is 15.9 Å². The van der Waals surface area contributed by atoms with Crippen molar-refractivity contribution >= 4 is 27.7 Å². The molecule has 0 atom stereocenters. The molecule has 0 radical (unpaired) electrons. The van der Waals surface area contributed by atoms with E-state index >= 15 is 0 Å². The van der Waals surface area contributed by atoms with Crippen LogP contribution in [-0.4, -0.2) is 25.5 Å². The number of carbonyl (C=O) groups is 2. The van der Waals surface area contributed by atoms with Crippen molar-refractivity contribution in [3.8, 4) is 5.75 Å². The van der Waals surface area contributed by atoms with Gasteiger partial charge in [0.15, 0.2) is 0 Å². The summed E-state index contributed by atoms with van der Waals surface area (Å²) in [4.78, 5) is 22.3. The standard InChI is InChI=1S/C12H13BrO4/c1-3-17-11-5-4-8(6-9(11)13)7-10(14)12(15)16-2/h4-6H,3,7H2,1-2H3. The Hall–Kier alpha value is -1.36. The zero-order chi connectivity index (χ0) is 12.8. The Labute approximate surface area is 108 Å². The maximum absolute atomic E-state index is 11.3. The zero-order valence-electron chi connectivity index (χ0n) is 9.66. The maximum atomic E-state index is 11.3. The lowest BCUT2D eigenvalue weighted by molar-refractivity contribution is -0.151. The van der Waals surface area contributed by atoms with Crippen LogP contribution in [0.3, 0.4) is 0 Å². The summed E-state index contributed by atoms with van der Waals surface area (Å²) < 4.78 is 10.5. The summed E-state index contributed by atoms with van der Waals surface area (Å²) in [5.74, 6) is -0.680. The molecule has 1 rings (SSSR count). The Morgan fingerprint density at radius 1 is 1.35 bits per heavy atom. The van der Waals surface area contributed by atoms with Crippen LogP contribution in [-0.2, 0) is 20.7 Å². The van der Waals surface area contributed by atoms with Crippen molar-refractivity contribution in [2.45, 2.75) is 13.3 Å². The largest absolute Gasteiger partial charge is 0.493 e. The lowest BCUT2D eigenvalue weighted by atomic mass is 10.1. The molecule has 17 heavy (non-hydrogen) atoms. The van der Waals surface area contributed by atoms with Gasteiger partial charge in [0.1, 0.15) is 5.75 Å². The van der Waals surface area contributed by atoms with Crippen LogP contribution < -0.4 is 4.74 Å². The van der Waals surface area contributed by atoms with Crippen LogP contribution in [0, 0.1) is 0 Å². The van der Waals surface area contributed by atoms with Crippen LogP contribution in [0.4, 0.5) is 0 Å². The van der Waals surface area contributed by atoms with Gasteiger partial charge in [-0.25, -0.2) is 4.79 Å². The van der Waals surface area contributed by atoms with Gasteiger partial charge in [0.25, 0.3) is 0 Å². The zero-order valence-corrected chi connectivity index (χ0v) is 11.2. The second kappa shape index (κ2) is 6.39. The lowest BCUT2D eigenvalue weighted by Crippen LogP contribution is -2.17. The number of methoxy groups -OCH3 is 1. The SMILES string of the molecule is CCOc1ccc(CC(=O)C(=O)OC)cc1Br. The number of benzene rings is 1. The average molecular weight is 301 g/mol. The van der Waals surface area contributed by atoms with Crippen LogP contribution in [0.15, 0.2) is 22.7 Å². The van der Waals surface area contributed by atoms with E-state index in [-0.39, 0.29) is 6.42 Å². The molecule has 0 fully saturated rings. The Kier molecular flexibility index (Phi) is 5.15. The number of halogens is 1. The molecular formula is C12H13BrO4. The summed E-state index contributed by atoms with van der Waals surface area (Å²) in [5, 5.41) is 0. The van der Waals surface area contributed by atoms with Crippen molar-refractivity contribution in [1.29, 1.82) is 0 Å². The van der Waals surface area contributed by atoms with E-state index in [9.17, 15) is 9.59 Å². The van der Waals surface area contributed by atoms with Gasteiger partial charge in [-0.2, -0.15) is 0 Å². The Balaban J connectivity index is 2.77. The fraction of sp³-hybridized carbons (Fsp3) is 0.333. The molecule has 0 aromatic heterocycles. The van der Waals surface area contributed by atoms with Crippen LogP contribution in [0.1, 0.15) is 12.5 Å². The molecule has 0 unspecified atom stereocenters. The number of ketones is 1. The summed E-state index contributed by atoms with van der Waals surface area (Å²) in [7, 11) is 1.19. The van der Waals surface area contributed by atoms with Gasteiger partial charge in [0, 0.05) is 6.42 Å². The lowest BCUT2D eigenvalue weighted by Gasteiger charge is -2.07. The normalized spacial score (nSPS) is 9.82. The minimum absolute atomic E-state index is 0.0255. The van der Waals surface area contributed by atoms with Crippen molar-refractivity contribution < 1.29 is 19.1 Å². The molecular weight excluding hydrogens is 288 g/mol. The van der Waals surface area contributed by atoms with E-state index in [1.54, 1.807) is 18.2 Å². The smallest absolute Gasteiger partial charge is 0.374 e. The van der Waals surface area contributed by atoms with Gasteiger partial charge in [0.2, 0.25) is 5.78 Å². The van der Waals surface area contributed by atoms with Crippen LogP contribution in [0.2, 0.25) is 0 Å². The van der Waals surface area contributed by atoms with E-state index in [4.69, 9.17) is 4.74 Å². The van der Waals surface area contributed by atoms with E-state index < -0.39 is 11.8 Å². The third kappa shape index (κ3) is 3.85. The molecule has 0 aliphatic rings. The van der Waals surface area contributed by atoms with E-state index in [2.05, 4.69) is 20.7 Å². The van der Waals surface area contributed by atoms with Crippen LogP contribution in [0.25, 0.3) is 0 Å². The van der Waals surface area contributed by atoms with E-state index in [1.165, 1.54) is 7.11 Å². The number of ether oxygens (including phenoxy) is 2. The summed E-state index contributed by atoms with van der Waals surface area (Å²) in [6, 6.07) is 5.26. The number of hydrogen-bond donors (Lipinski definition) is 0. The minimum atomic E-state index is -0.824. The van der Waals surface area contributed by atoms with E-state index in [0.29, 0.717) is 12.4 Å². The molecule has 0 bridgehead atoms. The molecule has 0 aliphatic carbocycles. The highest BCUT2D eigenvalue weighted by molar-refractivity contribution is 9.10. The van der Waals surface area contributed by atoms with Gasteiger partial charge in [0.05, 0.1) is 18.2 Å². The molecule has 92 valence electrons. The fourth-order valence-corrected chi connectivity index (χ4v) is 1.84. The molecule has 0 saturated heterocycles. The second-order valence-electron chi connectivity index (χ2n) is 3.29. The molecule has 0 saturated carbocycles. The average Bonchev–Trinajstić information content (AvgIpc) is 2.31. The molecule has 5 heteroatoms. The van der Waals surface area contributed by atoms with Gasteiger partial charge in [-0.15, -0.1) is 0 Å². The number of hydrogen-bond acceptors (Lipinski definition) is 4. The van der Waals surface area contributed by atoms with E-state index in [0.717, 1.165) is 10.0 Å². The molecule has 1 aromatic rings. The number of esters is 1. The first-order valence-corrected chi connectivity index (χ1v) is 5.90. The first-order chi connectivity index (χ1) is 8.08. The highest BCUT2D eigenvalue weighted by Crippen LogP contribution is 2.26. The van der Waals surface area contributed by atoms with E-state index in [1.807, 2.05) is 6.92 Å². The third-order valence-electron chi connectivity index (χ3n) is 2.07. The van der Waals surface area contributed by atoms with Gasteiger partial charge < -0.3 is 9.47 Å². The summed E-state index contributed by atoms with van der Waals surface area (Å²) in [6.07, 6.45) is 0.0255. The number of carbonyl (C=O) groups excluding carboxylic acids is 2. The number of rotatable bonds is 5. The second-order valence-corrected chi connectivity index (χ2v) is 4.14. The fourth-order valence-electron chi connectivity index (χ4n) is 1.30. The summed E-state index contributed by atoms with van der Waals surface area (Å²) in [6.45, 7) is 2.46. The molecule has 1 aromatic carbocycles. The van der Waals surface area contributed by atoms with Gasteiger partial charge in [-0.05, 0) is 40.5 Å². The van der Waals surface area contributed by atoms with Crippen molar-refractivity contribution in [1.82, 2.24) is 0 Å². The third-order valence-corrected chi connectivity index (χ3v) is 2.69. The van der Waals surface area contributed by atoms with Crippen LogP contribution in [0.5, 0.6) is 5.75 Å². The Morgan fingerprint density at radius 2 is 2.06 bits per heavy atom. The molecule has 0 amide bonds. The monoisotopic (exact) mass is 300 g/mol. The van der Waals surface area contributed by atoms with Crippen molar-refractivity contribution in [3.05, 3.63) is 28.2 Å². The topological polar surface area (TPSA) is 52.6 Å². The molecule has 0 heterocycles. The Bertz CT molecular complexity index is 429. The predicted molar refractivity (Wildman–Crippen MR) is 66.0 cm³/mol. The highest BCUT2D eigenvalue weighted by atomic mass is 79.9. The van der Waals surface area contributed by atoms with Gasteiger partial charge >= 0.3 is 5.97 Å². The van der Waals surface area contributed by atoms with Crippen molar-refractivity contribution in [2.24, 2.45) is 0 Å². The first-order valence-electron chi connectivity index (χ1n) is 5.10. The maximum Gasteiger partial charge on any atom is 0.374 e.